The molecule has 0 aliphatic rings. The van der Waals surface area contributed by atoms with Gasteiger partial charge in [-0.05, 0) is 106 Å². The van der Waals surface area contributed by atoms with Crippen LogP contribution in [0.1, 0.15) is 0 Å². The Morgan fingerprint density at radius 2 is 0.768 bits per heavy atom. The Balaban J connectivity index is 0.865. The second-order valence-electron chi connectivity index (χ2n) is 17.6. The maximum Gasteiger partial charge on any atom is 0.164 e. The molecule has 0 radical (unpaired) electrons. The summed E-state index contributed by atoms with van der Waals surface area (Å²) >= 11 is 0. The van der Waals surface area contributed by atoms with Crippen LogP contribution in [0.4, 0.5) is 0 Å². The van der Waals surface area contributed by atoms with Crippen molar-refractivity contribution in [2.75, 3.05) is 0 Å². The van der Waals surface area contributed by atoms with Crippen LogP contribution in [0.5, 0.6) is 0 Å². The van der Waals surface area contributed by atoms with E-state index in [2.05, 4.69) is 168 Å². The second-order valence-corrected chi connectivity index (χ2v) is 17.6. The average Bonchev–Trinajstić information content (AvgIpc) is 4.10. The van der Waals surface area contributed by atoms with E-state index in [0.717, 1.165) is 99.5 Å². The molecular weight excluding hydrogens is 845 g/mol. The van der Waals surface area contributed by atoms with Crippen molar-refractivity contribution in [3.05, 3.63) is 231 Å². The lowest BCUT2D eigenvalue weighted by atomic mass is 9.96. The molecule has 0 bridgehead atoms. The molecule has 0 amide bonds. The first kappa shape index (κ1) is 38.8. The van der Waals surface area contributed by atoms with Gasteiger partial charge in [0.15, 0.2) is 17.5 Å². The summed E-state index contributed by atoms with van der Waals surface area (Å²) in [5.41, 5.74) is 16.2. The Morgan fingerprint density at radius 1 is 0.275 bits per heavy atom. The summed E-state index contributed by atoms with van der Waals surface area (Å²) in [6.45, 7) is 0. The quantitative estimate of drug-likeness (QED) is 0.159. The van der Waals surface area contributed by atoms with Crippen LogP contribution in [0.3, 0.4) is 0 Å². The summed E-state index contributed by atoms with van der Waals surface area (Å²) in [7, 11) is 0. The fraction of sp³-hybridized carbons (Fsp3) is 0. The first-order valence-electron chi connectivity index (χ1n) is 23.2. The van der Waals surface area contributed by atoms with E-state index in [9.17, 15) is 0 Å². The molecule has 0 aliphatic heterocycles. The van der Waals surface area contributed by atoms with Crippen molar-refractivity contribution in [1.29, 1.82) is 0 Å². The lowest BCUT2D eigenvalue weighted by molar-refractivity contribution is 0.668. The molecule has 0 saturated heterocycles. The van der Waals surface area contributed by atoms with Gasteiger partial charge in [0.05, 0.1) is 11.0 Å². The molecule has 0 spiro atoms. The summed E-state index contributed by atoms with van der Waals surface area (Å²) in [6.07, 6.45) is 0. The Hall–Kier alpha value is -9.39. The van der Waals surface area contributed by atoms with Gasteiger partial charge >= 0.3 is 0 Å². The van der Waals surface area contributed by atoms with Crippen LogP contribution in [0.2, 0.25) is 0 Å². The monoisotopic (exact) mass is 882 g/mol. The molecule has 14 aromatic rings. The van der Waals surface area contributed by atoms with Crippen LogP contribution in [-0.2, 0) is 0 Å². The van der Waals surface area contributed by atoms with Gasteiger partial charge < -0.3 is 13.4 Å². The fourth-order valence-corrected chi connectivity index (χ4v) is 10.2. The molecule has 0 atom stereocenters. The Kier molecular flexibility index (Phi) is 8.79. The molecule has 0 fully saturated rings. The third kappa shape index (κ3) is 6.53. The number of hydrogen-bond donors (Lipinski definition) is 0. The molecule has 0 unspecified atom stereocenters. The molecule has 4 aromatic heterocycles. The first-order chi connectivity index (χ1) is 34.2. The van der Waals surface area contributed by atoms with Gasteiger partial charge in [0, 0.05) is 54.7 Å². The summed E-state index contributed by atoms with van der Waals surface area (Å²) < 4.78 is 15.4. The SMILES string of the molecule is c1ccc(-c2ccc3c(c2)c2ccccc2n3-c2ccc3oc4ccc(-c5ccc6oc7cccc(-c8cccc(-c9nc(-c%10ccccc%10)nc(-c%10ccccc%10)n9)c8)c7c6c5)cc4c3c2)cc1. The van der Waals surface area contributed by atoms with Crippen molar-refractivity contribution in [2.45, 2.75) is 0 Å². The standard InChI is InChI=1S/C63H38N4O2/c1-4-14-39(15-5-1)42-26-30-55-50(35-42)49-22-10-11-24-54(49)67(55)47-29-33-57-52(38-47)51-36-43(27-31-56(51)68-57)44-28-32-58-53(37-44)60-48(23-13-25-59(60)69-58)45-20-12-21-46(34-45)63-65-61(40-16-6-2-7-17-40)64-62(66-63)41-18-8-3-9-19-41/h1-38H. The molecule has 322 valence electrons. The fourth-order valence-electron chi connectivity index (χ4n) is 10.2. The van der Waals surface area contributed by atoms with Gasteiger partial charge in [-0.1, -0.05) is 158 Å². The van der Waals surface area contributed by atoms with Crippen LogP contribution in [-0.4, -0.2) is 19.5 Å². The van der Waals surface area contributed by atoms with E-state index in [1.807, 2.05) is 66.7 Å². The summed E-state index contributed by atoms with van der Waals surface area (Å²) in [5.74, 6) is 1.87. The van der Waals surface area contributed by atoms with E-state index in [0.29, 0.717) is 17.5 Å². The number of furan rings is 2. The van der Waals surface area contributed by atoms with Crippen molar-refractivity contribution in [2.24, 2.45) is 0 Å². The van der Waals surface area contributed by atoms with Crippen LogP contribution in [0, 0.1) is 0 Å². The van der Waals surface area contributed by atoms with E-state index < -0.39 is 0 Å². The van der Waals surface area contributed by atoms with Crippen LogP contribution in [0.25, 0.3) is 139 Å². The molecule has 0 N–H and O–H groups in total. The number of fused-ring (bicyclic) bond motifs is 9. The van der Waals surface area contributed by atoms with Crippen molar-refractivity contribution < 1.29 is 8.83 Å². The molecule has 14 rings (SSSR count). The highest BCUT2D eigenvalue weighted by atomic mass is 16.3. The molecular formula is C63H38N4O2. The van der Waals surface area contributed by atoms with E-state index >= 15 is 0 Å². The predicted octanol–water partition coefficient (Wildman–Crippen LogP) is 16.8. The minimum absolute atomic E-state index is 0.609. The Morgan fingerprint density at radius 3 is 1.49 bits per heavy atom. The van der Waals surface area contributed by atoms with Crippen molar-refractivity contribution >= 4 is 65.7 Å². The molecule has 0 saturated carbocycles. The molecule has 10 aromatic carbocycles. The zero-order valence-electron chi connectivity index (χ0n) is 37.0. The number of rotatable bonds is 7. The van der Waals surface area contributed by atoms with Gasteiger partial charge in [0.2, 0.25) is 0 Å². The number of nitrogens with zero attached hydrogens (tertiary/aromatic N) is 4. The Labute approximate surface area is 396 Å². The smallest absolute Gasteiger partial charge is 0.164 e. The van der Waals surface area contributed by atoms with Crippen LogP contribution in [0.15, 0.2) is 239 Å². The maximum absolute atomic E-state index is 6.55. The first-order valence-corrected chi connectivity index (χ1v) is 23.2. The second kappa shape index (κ2) is 15.6. The predicted molar refractivity (Wildman–Crippen MR) is 281 cm³/mol. The summed E-state index contributed by atoms with van der Waals surface area (Å²) in [4.78, 5) is 15.0. The highest BCUT2D eigenvalue weighted by Gasteiger charge is 2.19. The lowest BCUT2D eigenvalue weighted by Gasteiger charge is -2.10. The highest BCUT2D eigenvalue weighted by molar-refractivity contribution is 6.15. The maximum atomic E-state index is 6.55. The van der Waals surface area contributed by atoms with E-state index in [4.69, 9.17) is 23.8 Å². The van der Waals surface area contributed by atoms with Gasteiger partial charge in [0.25, 0.3) is 0 Å². The molecule has 4 heterocycles. The largest absolute Gasteiger partial charge is 0.456 e. The van der Waals surface area contributed by atoms with Crippen LogP contribution >= 0.6 is 0 Å². The minimum atomic E-state index is 0.609. The topological polar surface area (TPSA) is 69.9 Å². The normalized spacial score (nSPS) is 11.8. The van der Waals surface area contributed by atoms with Gasteiger partial charge in [-0.25, -0.2) is 15.0 Å². The Bertz CT molecular complexity index is 4250. The van der Waals surface area contributed by atoms with Crippen molar-refractivity contribution in [3.63, 3.8) is 0 Å². The van der Waals surface area contributed by atoms with Crippen molar-refractivity contribution in [3.8, 4) is 73.2 Å². The number of aromatic nitrogens is 4. The van der Waals surface area contributed by atoms with E-state index in [-0.39, 0.29) is 0 Å². The van der Waals surface area contributed by atoms with Gasteiger partial charge in [-0.3, -0.25) is 0 Å². The number of hydrogen-bond acceptors (Lipinski definition) is 5. The third-order valence-corrected chi connectivity index (χ3v) is 13.5. The summed E-state index contributed by atoms with van der Waals surface area (Å²) in [5, 5.41) is 6.68. The van der Waals surface area contributed by atoms with Gasteiger partial charge in [-0.2, -0.15) is 0 Å². The van der Waals surface area contributed by atoms with E-state index in [1.165, 1.54) is 21.9 Å². The van der Waals surface area contributed by atoms with Gasteiger partial charge in [-0.15, -0.1) is 0 Å². The average molecular weight is 883 g/mol. The van der Waals surface area contributed by atoms with Crippen molar-refractivity contribution in [1.82, 2.24) is 19.5 Å². The zero-order chi connectivity index (χ0) is 45.4. The van der Waals surface area contributed by atoms with Gasteiger partial charge in [0.1, 0.15) is 22.3 Å². The number of benzene rings is 10. The zero-order valence-corrected chi connectivity index (χ0v) is 37.0. The van der Waals surface area contributed by atoms with Crippen LogP contribution < -0.4 is 0 Å². The number of para-hydroxylation sites is 1. The third-order valence-electron chi connectivity index (χ3n) is 13.5. The molecule has 0 aliphatic carbocycles. The van der Waals surface area contributed by atoms with E-state index in [1.54, 1.807) is 0 Å². The highest BCUT2D eigenvalue weighted by Crippen LogP contribution is 2.42. The molecule has 6 heteroatoms. The molecule has 69 heavy (non-hydrogen) atoms. The summed E-state index contributed by atoms with van der Waals surface area (Å²) in [6, 6.07) is 80.5. The lowest BCUT2D eigenvalue weighted by Crippen LogP contribution is -2.00. The molecule has 6 nitrogen and oxygen atoms in total. The minimum Gasteiger partial charge on any atom is -0.456 e.